The van der Waals surface area contributed by atoms with E-state index in [1.165, 1.54) is 0 Å². The molecule has 0 bridgehead atoms. The average molecular weight is 324 g/mol. The maximum Gasteiger partial charge on any atom is 0.328 e. The number of aromatic amines is 1. The molecule has 0 spiro atoms. The smallest absolute Gasteiger partial charge is 0.311 e. The molecule has 3 aromatic rings. The molecule has 0 unspecified atom stereocenters. The number of H-pyrrole nitrogens is 1. The van der Waals surface area contributed by atoms with Crippen molar-refractivity contribution in [2.45, 2.75) is 19.4 Å². The van der Waals surface area contributed by atoms with Crippen LogP contribution in [0.25, 0.3) is 10.9 Å². The van der Waals surface area contributed by atoms with E-state index in [4.69, 9.17) is 0 Å². The Hall–Kier alpha value is -3.22. The molecule has 0 aliphatic heterocycles. The van der Waals surface area contributed by atoms with E-state index in [-0.39, 0.29) is 24.4 Å². The van der Waals surface area contributed by atoms with Gasteiger partial charge in [0.05, 0.1) is 10.9 Å². The minimum atomic E-state index is -0.469. The number of anilines is 1. The van der Waals surface area contributed by atoms with Gasteiger partial charge in [0, 0.05) is 19.2 Å². The van der Waals surface area contributed by atoms with Gasteiger partial charge in [0.25, 0.3) is 5.56 Å². The van der Waals surface area contributed by atoms with E-state index in [1.54, 1.807) is 48.7 Å². The number of rotatable bonds is 5. The van der Waals surface area contributed by atoms with Gasteiger partial charge in [0.1, 0.15) is 5.82 Å². The molecule has 0 saturated heterocycles. The van der Waals surface area contributed by atoms with Crippen LogP contribution in [0.2, 0.25) is 0 Å². The van der Waals surface area contributed by atoms with E-state index in [1.807, 2.05) is 0 Å². The summed E-state index contributed by atoms with van der Waals surface area (Å²) in [5.74, 6) is 0.266. The first-order valence-electron chi connectivity index (χ1n) is 7.58. The van der Waals surface area contributed by atoms with Crippen LogP contribution in [0.5, 0.6) is 0 Å². The van der Waals surface area contributed by atoms with E-state index in [9.17, 15) is 14.4 Å². The van der Waals surface area contributed by atoms with E-state index >= 15 is 0 Å². The lowest BCUT2D eigenvalue weighted by molar-refractivity contribution is -0.116. The second-order valence-corrected chi connectivity index (χ2v) is 5.30. The highest BCUT2D eigenvalue weighted by Gasteiger charge is 2.08. The third kappa shape index (κ3) is 3.40. The molecule has 0 atom stereocenters. The fraction of sp³-hybridized carbons (Fsp3) is 0.176. The Morgan fingerprint density at radius 3 is 2.71 bits per heavy atom. The monoisotopic (exact) mass is 324 g/mol. The molecule has 2 aromatic heterocycles. The molecule has 1 amide bonds. The van der Waals surface area contributed by atoms with Crippen molar-refractivity contribution in [3.05, 3.63) is 69.5 Å². The quantitative estimate of drug-likeness (QED) is 0.743. The predicted octanol–water partition coefficient (Wildman–Crippen LogP) is 1.50. The Balaban J connectivity index is 1.67. The van der Waals surface area contributed by atoms with Crippen LogP contribution in [0.4, 0.5) is 5.82 Å². The summed E-state index contributed by atoms with van der Waals surface area (Å²) < 4.78 is 1.12. The van der Waals surface area contributed by atoms with Gasteiger partial charge in [-0.25, -0.2) is 9.78 Å². The number of amides is 1. The Morgan fingerprint density at radius 2 is 1.92 bits per heavy atom. The van der Waals surface area contributed by atoms with Crippen molar-refractivity contribution in [3.8, 4) is 0 Å². The van der Waals surface area contributed by atoms with Crippen molar-refractivity contribution in [1.29, 1.82) is 0 Å². The Morgan fingerprint density at radius 1 is 1.12 bits per heavy atom. The second-order valence-electron chi connectivity index (χ2n) is 5.30. The van der Waals surface area contributed by atoms with Crippen molar-refractivity contribution in [2.24, 2.45) is 0 Å². The van der Waals surface area contributed by atoms with Crippen LogP contribution in [0.15, 0.2) is 58.3 Å². The molecule has 2 N–H and O–H groups in total. The van der Waals surface area contributed by atoms with Crippen molar-refractivity contribution in [1.82, 2.24) is 14.5 Å². The fourth-order valence-corrected chi connectivity index (χ4v) is 2.44. The molecule has 0 radical (unpaired) electrons. The molecule has 7 nitrogen and oxygen atoms in total. The minimum Gasteiger partial charge on any atom is -0.311 e. The molecule has 0 fully saturated rings. The highest BCUT2D eigenvalue weighted by Crippen LogP contribution is 2.04. The lowest BCUT2D eigenvalue weighted by Gasteiger charge is -2.07. The zero-order valence-electron chi connectivity index (χ0n) is 12.9. The third-order valence-corrected chi connectivity index (χ3v) is 3.61. The van der Waals surface area contributed by atoms with Crippen LogP contribution in [0.3, 0.4) is 0 Å². The first kappa shape index (κ1) is 15.7. The topological polar surface area (TPSA) is 96.9 Å². The zero-order chi connectivity index (χ0) is 16.9. The maximum atomic E-state index is 12.3. The highest BCUT2D eigenvalue weighted by molar-refractivity contribution is 5.89. The van der Waals surface area contributed by atoms with Crippen molar-refractivity contribution >= 4 is 22.6 Å². The fourth-order valence-electron chi connectivity index (χ4n) is 2.44. The summed E-state index contributed by atoms with van der Waals surface area (Å²) in [6.07, 6.45) is 2.15. The number of aromatic nitrogens is 3. The second kappa shape index (κ2) is 6.91. The zero-order valence-corrected chi connectivity index (χ0v) is 12.9. The molecular weight excluding hydrogens is 308 g/mol. The molecule has 3 rings (SSSR count). The molecule has 0 aliphatic carbocycles. The SMILES string of the molecule is O=C(CCCn1c(=O)[nH]c2ccccc2c1=O)Nc1ccccn1. The van der Waals surface area contributed by atoms with E-state index in [0.29, 0.717) is 23.1 Å². The third-order valence-electron chi connectivity index (χ3n) is 3.61. The van der Waals surface area contributed by atoms with E-state index in [0.717, 1.165) is 4.57 Å². The van der Waals surface area contributed by atoms with Gasteiger partial charge in [0.15, 0.2) is 0 Å². The number of nitrogens with zero attached hydrogens (tertiary/aromatic N) is 2. The van der Waals surface area contributed by atoms with Gasteiger partial charge in [-0.3, -0.25) is 14.2 Å². The van der Waals surface area contributed by atoms with E-state index in [2.05, 4.69) is 15.3 Å². The number of para-hydroxylation sites is 1. The van der Waals surface area contributed by atoms with Gasteiger partial charge in [-0.05, 0) is 30.7 Å². The highest BCUT2D eigenvalue weighted by atomic mass is 16.2. The summed E-state index contributed by atoms with van der Waals surface area (Å²) in [7, 11) is 0. The number of hydrogen-bond donors (Lipinski definition) is 2. The predicted molar refractivity (Wildman–Crippen MR) is 90.9 cm³/mol. The number of carbonyl (C=O) groups is 1. The summed E-state index contributed by atoms with van der Waals surface area (Å²) in [5.41, 5.74) is -0.306. The van der Waals surface area contributed by atoms with E-state index < -0.39 is 5.69 Å². The summed E-state index contributed by atoms with van der Waals surface area (Å²) in [6.45, 7) is 0.175. The molecule has 2 heterocycles. The maximum absolute atomic E-state index is 12.3. The summed E-state index contributed by atoms with van der Waals surface area (Å²) in [5, 5.41) is 3.12. The Kier molecular flexibility index (Phi) is 4.51. The summed E-state index contributed by atoms with van der Waals surface area (Å²) in [6, 6.07) is 12.1. The Labute approximate surface area is 137 Å². The van der Waals surface area contributed by atoms with Crippen LogP contribution in [0.1, 0.15) is 12.8 Å². The van der Waals surface area contributed by atoms with Gasteiger partial charge in [-0.1, -0.05) is 18.2 Å². The van der Waals surface area contributed by atoms with Gasteiger partial charge >= 0.3 is 5.69 Å². The van der Waals surface area contributed by atoms with Crippen molar-refractivity contribution < 1.29 is 4.79 Å². The van der Waals surface area contributed by atoms with Gasteiger partial charge in [-0.2, -0.15) is 0 Å². The number of carbonyl (C=O) groups excluding carboxylic acids is 1. The van der Waals surface area contributed by atoms with Crippen LogP contribution < -0.4 is 16.6 Å². The lowest BCUT2D eigenvalue weighted by Crippen LogP contribution is -2.35. The minimum absolute atomic E-state index is 0.175. The van der Waals surface area contributed by atoms with Gasteiger partial charge in [0.2, 0.25) is 5.91 Å². The van der Waals surface area contributed by atoms with Crippen molar-refractivity contribution in [2.75, 3.05) is 5.32 Å². The van der Waals surface area contributed by atoms with Crippen LogP contribution in [0, 0.1) is 0 Å². The summed E-state index contributed by atoms with van der Waals surface area (Å²) >= 11 is 0. The van der Waals surface area contributed by atoms with Crippen molar-refractivity contribution in [3.63, 3.8) is 0 Å². The summed E-state index contributed by atoms with van der Waals surface area (Å²) in [4.78, 5) is 42.9. The largest absolute Gasteiger partial charge is 0.328 e. The molecular formula is C17H16N4O3. The standard InChI is InChI=1S/C17H16N4O3/c22-15(20-14-8-3-4-10-18-14)9-5-11-21-16(23)12-6-1-2-7-13(12)19-17(21)24/h1-4,6-8,10H,5,9,11H2,(H,19,24)(H,18,20,22). The number of fused-ring (bicyclic) bond motifs is 1. The normalized spacial score (nSPS) is 10.7. The molecule has 0 saturated carbocycles. The number of pyridine rings is 1. The van der Waals surface area contributed by atoms with Crippen LogP contribution >= 0.6 is 0 Å². The number of benzene rings is 1. The van der Waals surface area contributed by atoms with Gasteiger partial charge < -0.3 is 10.3 Å². The average Bonchev–Trinajstić information content (AvgIpc) is 2.59. The Bertz CT molecular complexity index is 976. The van der Waals surface area contributed by atoms with Gasteiger partial charge in [-0.15, -0.1) is 0 Å². The van der Waals surface area contributed by atoms with Crippen LogP contribution in [-0.2, 0) is 11.3 Å². The number of hydrogen-bond acceptors (Lipinski definition) is 4. The molecule has 1 aromatic carbocycles. The van der Waals surface area contributed by atoms with Crippen LogP contribution in [-0.4, -0.2) is 20.4 Å². The number of nitrogens with one attached hydrogen (secondary N) is 2. The molecule has 24 heavy (non-hydrogen) atoms. The lowest BCUT2D eigenvalue weighted by atomic mass is 10.2. The molecule has 7 heteroatoms. The molecule has 122 valence electrons. The first-order chi connectivity index (χ1) is 11.6. The molecule has 0 aliphatic rings. The first-order valence-corrected chi connectivity index (χ1v) is 7.58.